The Balaban J connectivity index is 2.10. The SMILES string of the molecule is O=C1NCC(c2ccc(F)cc2)CCC1Br. The molecule has 4 heteroatoms. The Morgan fingerprint density at radius 1 is 1.25 bits per heavy atom. The van der Waals surface area contributed by atoms with E-state index in [2.05, 4.69) is 21.2 Å². The third-order valence-electron chi connectivity index (χ3n) is 2.92. The number of halogens is 2. The van der Waals surface area contributed by atoms with Gasteiger partial charge in [-0.25, -0.2) is 4.39 Å². The molecule has 2 unspecified atom stereocenters. The quantitative estimate of drug-likeness (QED) is 0.790. The van der Waals surface area contributed by atoms with Crippen LogP contribution in [0.4, 0.5) is 4.39 Å². The summed E-state index contributed by atoms with van der Waals surface area (Å²) < 4.78 is 12.8. The Hall–Kier alpha value is -0.900. The number of benzene rings is 1. The zero-order chi connectivity index (χ0) is 11.5. The number of hydrogen-bond donors (Lipinski definition) is 1. The highest BCUT2D eigenvalue weighted by molar-refractivity contribution is 9.10. The van der Waals surface area contributed by atoms with Gasteiger partial charge < -0.3 is 5.32 Å². The van der Waals surface area contributed by atoms with Gasteiger partial charge >= 0.3 is 0 Å². The van der Waals surface area contributed by atoms with Crippen molar-refractivity contribution in [2.24, 2.45) is 0 Å². The lowest BCUT2D eigenvalue weighted by molar-refractivity contribution is -0.120. The molecule has 0 bridgehead atoms. The first-order valence-corrected chi connectivity index (χ1v) is 6.25. The van der Waals surface area contributed by atoms with E-state index in [0.29, 0.717) is 6.54 Å². The summed E-state index contributed by atoms with van der Waals surface area (Å²) in [6.07, 6.45) is 1.74. The number of rotatable bonds is 1. The van der Waals surface area contributed by atoms with Crippen molar-refractivity contribution in [3.63, 3.8) is 0 Å². The standard InChI is InChI=1S/C12H13BrFNO/c13-11-6-3-9(7-15-12(11)16)8-1-4-10(14)5-2-8/h1-2,4-5,9,11H,3,6-7H2,(H,15,16). The Morgan fingerprint density at radius 2 is 1.94 bits per heavy atom. The first-order valence-electron chi connectivity index (χ1n) is 5.34. The van der Waals surface area contributed by atoms with Gasteiger partial charge in [0.2, 0.25) is 5.91 Å². The van der Waals surface area contributed by atoms with Gasteiger partial charge in [0, 0.05) is 12.5 Å². The van der Waals surface area contributed by atoms with Crippen LogP contribution in [0.1, 0.15) is 24.3 Å². The fourth-order valence-corrected chi connectivity index (χ4v) is 2.36. The summed E-state index contributed by atoms with van der Waals surface area (Å²) in [6, 6.07) is 6.52. The minimum Gasteiger partial charge on any atom is -0.355 e. The minimum absolute atomic E-state index is 0.0459. The molecule has 16 heavy (non-hydrogen) atoms. The van der Waals surface area contributed by atoms with Crippen LogP contribution in [0.3, 0.4) is 0 Å². The third kappa shape index (κ3) is 2.61. The average molecular weight is 286 g/mol. The molecule has 0 spiro atoms. The van der Waals surface area contributed by atoms with E-state index in [9.17, 15) is 9.18 Å². The molecule has 2 rings (SSSR count). The number of alkyl halides is 1. The van der Waals surface area contributed by atoms with Crippen molar-refractivity contribution in [3.05, 3.63) is 35.6 Å². The summed E-state index contributed by atoms with van der Waals surface area (Å²) in [7, 11) is 0. The van der Waals surface area contributed by atoms with Crippen molar-refractivity contribution in [3.8, 4) is 0 Å². The van der Waals surface area contributed by atoms with E-state index in [-0.39, 0.29) is 22.5 Å². The molecule has 1 aromatic rings. The van der Waals surface area contributed by atoms with Gasteiger partial charge in [0.15, 0.2) is 0 Å². The van der Waals surface area contributed by atoms with Gasteiger partial charge in [-0.3, -0.25) is 4.79 Å². The molecule has 0 saturated carbocycles. The molecule has 0 radical (unpaired) electrons. The second-order valence-corrected chi connectivity index (χ2v) is 5.14. The lowest BCUT2D eigenvalue weighted by Crippen LogP contribution is -2.30. The molecule has 1 fully saturated rings. The van der Waals surface area contributed by atoms with Crippen LogP contribution in [-0.4, -0.2) is 17.3 Å². The highest BCUT2D eigenvalue weighted by Gasteiger charge is 2.23. The van der Waals surface area contributed by atoms with Gasteiger partial charge in [0.25, 0.3) is 0 Å². The summed E-state index contributed by atoms with van der Waals surface area (Å²) in [5, 5.41) is 2.88. The number of nitrogens with one attached hydrogen (secondary N) is 1. The van der Waals surface area contributed by atoms with Crippen LogP contribution in [0.5, 0.6) is 0 Å². The molecule has 86 valence electrons. The van der Waals surface area contributed by atoms with Crippen LogP contribution in [0, 0.1) is 5.82 Å². The van der Waals surface area contributed by atoms with Gasteiger partial charge in [-0.05, 0) is 30.5 Å². The molecule has 1 heterocycles. The van der Waals surface area contributed by atoms with Crippen LogP contribution < -0.4 is 5.32 Å². The van der Waals surface area contributed by atoms with E-state index in [4.69, 9.17) is 0 Å². The average Bonchev–Trinajstić information content (AvgIpc) is 2.44. The molecule has 1 N–H and O–H groups in total. The summed E-state index contributed by atoms with van der Waals surface area (Å²) >= 11 is 3.34. The summed E-state index contributed by atoms with van der Waals surface area (Å²) in [4.78, 5) is 11.3. The molecule has 1 saturated heterocycles. The van der Waals surface area contributed by atoms with E-state index in [1.807, 2.05) is 0 Å². The Kier molecular flexibility index (Phi) is 3.59. The summed E-state index contributed by atoms with van der Waals surface area (Å²) in [6.45, 7) is 0.632. The molecule has 2 atom stereocenters. The Labute approximate surface area is 102 Å². The maximum absolute atomic E-state index is 12.8. The minimum atomic E-state index is -0.222. The van der Waals surface area contributed by atoms with Crippen LogP contribution in [-0.2, 0) is 4.79 Å². The predicted octanol–water partition coefficient (Wildman–Crippen LogP) is 2.58. The van der Waals surface area contributed by atoms with Crippen molar-refractivity contribution in [2.45, 2.75) is 23.6 Å². The van der Waals surface area contributed by atoms with Gasteiger partial charge in [-0.2, -0.15) is 0 Å². The molecular weight excluding hydrogens is 273 g/mol. The van der Waals surface area contributed by atoms with Crippen LogP contribution in [0.25, 0.3) is 0 Å². The normalized spacial score (nSPS) is 26.0. The maximum atomic E-state index is 12.8. The number of carbonyl (C=O) groups is 1. The second kappa shape index (κ2) is 4.95. The van der Waals surface area contributed by atoms with Crippen molar-refractivity contribution < 1.29 is 9.18 Å². The first kappa shape index (κ1) is 11.6. The molecule has 0 aromatic heterocycles. The van der Waals surface area contributed by atoms with Gasteiger partial charge in [-0.1, -0.05) is 28.1 Å². The van der Waals surface area contributed by atoms with Crippen molar-refractivity contribution in [1.82, 2.24) is 5.32 Å². The van der Waals surface area contributed by atoms with Crippen molar-refractivity contribution >= 4 is 21.8 Å². The molecule has 1 aliphatic heterocycles. The maximum Gasteiger partial charge on any atom is 0.233 e. The van der Waals surface area contributed by atoms with Crippen molar-refractivity contribution in [2.75, 3.05) is 6.54 Å². The molecule has 1 amide bonds. The van der Waals surface area contributed by atoms with E-state index in [0.717, 1.165) is 18.4 Å². The number of amides is 1. The molecule has 0 aliphatic carbocycles. The van der Waals surface area contributed by atoms with E-state index in [1.165, 1.54) is 12.1 Å². The van der Waals surface area contributed by atoms with Gasteiger partial charge in [-0.15, -0.1) is 0 Å². The molecule has 2 nitrogen and oxygen atoms in total. The van der Waals surface area contributed by atoms with Crippen LogP contribution in [0.15, 0.2) is 24.3 Å². The molecule has 1 aliphatic rings. The zero-order valence-corrected chi connectivity index (χ0v) is 10.3. The Morgan fingerprint density at radius 3 is 2.62 bits per heavy atom. The summed E-state index contributed by atoms with van der Waals surface area (Å²) in [5.74, 6) is 0.108. The number of carbonyl (C=O) groups excluding carboxylic acids is 1. The van der Waals surface area contributed by atoms with Crippen LogP contribution >= 0.6 is 15.9 Å². The second-order valence-electron chi connectivity index (χ2n) is 4.04. The fraction of sp³-hybridized carbons (Fsp3) is 0.417. The zero-order valence-electron chi connectivity index (χ0n) is 8.75. The lowest BCUT2D eigenvalue weighted by atomic mass is 9.94. The van der Waals surface area contributed by atoms with E-state index in [1.54, 1.807) is 12.1 Å². The topological polar surface area (TPSA) is 29.1 Å². The van der Waals surface area contributed by atoms with Gasteiger partial charge in [0.05, 0.1) is 4.83 Å². The van der Waals surface area contributed by atoms with Gasteiger partial charge in [0.1, 0.15) is 5.82 Å². The van der Waals surface area contributed by atoms with E-state index >= 15 is 0 Å². The first-order chi connectivity index (χ1) is 7.66. The van der Waals surface area contributed by atoms with Crippen LogP contribution in [0.2, 0.25) is 0 Å². The largest absolute Gasteiger partial charge is 0.355 e. The third-order valence-corrected chi connectivity index (χ3v) is 3.79. The predicted molar refractivity (Wildman–Crippen MR) is 64.1 cm³/mol. The Bertz CT molecular complexity index is 379. The monoisotopic (exact) mass is 285 g/mol. The van der Waals surface area contributed by atoms with Crippen molar-refractivity contribution in [1.29, 1.82) is 0 Å². The molecule has 1 aromatic carbocycles. The lowest BCUT2D eigenvalue weighted by Gasteiger charge is -2.13. The fourth-order valence-electron chi connectivity index (χ4n) is 1.93. The summed E-state index contributed by atoms with van der Waals surface area (Å²) in [5.41, 5.74) is 1.09. The highest BCUT2D eigenvalue weighted by atomic mass is 79.9. The smallest absolute Gasteiger partial charge is 0.233 e. The number of hydrogen-bond acceptors (Lipinski definition) is 1. The molecular formula is C12H13BrFNO. The van der Waals surface area contributed by atoms with E-state index < -0.39 is 0 Å². The highest BCUT2D eigenvalue weighted by Crippen LogP contribution is 2.26.